The van der Waals surface area contributed by atoms with Gasteiger partial charge in [-0.2, -0.15) is 0 Å². The molecule has 1 saturated carbocycles. The van der Waals surface area contributed by atoms with Gasteiger partial charge in [0, 0.05) is 44.5 Å². The van der Waals surface area contributed by atoms with Gasteiger partial charge >= 0.3 is 0 Å². The van der Waals surface area contributed by atoms with Crippen LogP contribution < -0.4 is 4.90 Å². The summed E-state index contributed by atoms with van der Waals surface area (Å²) in [6.07, 6.45) is 10.5. The molecular weight excluding hydrogens is 324 g/mol. The van der Waals surface area contributed by atoms with Gasteiger partial charge in [-0.1, -0.05) is 6.42 Å². The predicted octanol–water partition coefficient (Wildman–Crippen LogP) is 2.71. The van der Waals surface area contributed by atoms with Crippen LogP contribution in [0, 0.1) is 0 Å². The molecule has 0 saturated heterocycles. The Kier molecular flexibility index (Phi) is 3.11. The third-order valence-corrected chi connectivity index (χ3v) is 6.28. The lowest BCUT2D eigenvalue weighted by Crippen LogP contribution is -2.45. The van der Waals surface area contributed by atoms with E-state index in [1.807, 2.05) is 6.20 Å². The third kappa shape index (κ3) is 2.18. The van der Waals surface area contributed by atoms with Gasteiger partial charge < -0.3 is 9.47 Å². The van der Waals surface area contributed by atoms with E-state index in [2.05, 4.69) is 36.5 Å². The Balaban J connectivity index is 1.35. The first-order chi connectivity index (χ1) is 12.8. The van der Waals surface area contributed by atoms with Gasteiger partial charge in [-0.25, -0.2) is 9.97 Å². The lowest BCUT2D eigenvalue weighted by atomic mass is 9.91. The second-order valence-electron chi connectivity index (χ2n) is 7.77. The summed E-state index contributed by atoms with van der Waals surface area (Å²) < 4.78 is 2.45. The highest BCUT2D eigenvalue weighted by Gasteiger charge is 2.30. The molecule has 1 aromatic carbocycles. The van der Waals surface area contributed by atoms with E-state index < -0.39 is 0 Å². The number of imidazole rings is 1. The second-order valence-corrected chi connectivity index (χ2v) is 7.77. The molecule has 0 spiro atoms. The molecule has 0 radical (unpaired) electrons. The third-order valence-electron chi connectivity index (χ3n) is 6.28. The fourth-order valence-electron chi connectivity index (χ4n) is 4.58. The van der Waals surface area contributed by atoms with Crippen molar-refractivity contribution < 1.29 is 0 Å². The highest BCUT2D eigenvalue weighted by molar-refractivity contribution is 5.79. The largest absolute Gasteiger partial charge is 0.347 e. The van der Waals surface area contributed by atoms with Crippen molar-refractivity contribution in [1.82, 2.24) is 24.4 Å². The molecule has 6 nitrogen and oxygen atoms in total. The molecule has 4 heterocycles. The van der Waals surface area contributed by atoms with Gasteiger partial charge in [0.25, 0.3) is 0 Å². The molecule has 0 unspecified atom stereocenters. The van der Waals surface area contributed by atoms with Crippen LogP contribution >= 0.6 is 0 Å². The van der Waals surface area contributed by atoms with E-state index in [1.165, 1.54) is 41.7 Å². The number of rotatable bonds is 2. The van der Waals surface area contributed by atoms with Gasteiger partial charge in [0.15, 0.2) is 0 Å². The number of hydrogen-bond donors (Lipinski definition) is 0. The lowest BCUT2D eigenvalue weighted by Gasteiger charge is -2.40. The molecule has 26 heavy (non-hydrogen) atoms. The van der Waals surface area contributed by atoms with Crippen molar-refractivity contribution >= 4 is 16.9 Å². The molecule has 0 atom stereocenters. The summed E-state index contributed by atoms with van der Waals surface area (Å²) in [5.41, 5.74) is 5.21. The standard InChI is InChI=1S/C20H22N6/c1-2-16(3-1)24-7-4-19-23-17-8-14-11-25(20-10-21-5-6-22-20)12-15(14)9-18(17)26(19)13-24/h5-6,8-10,16H,1-4,7,11-13H2. The van der Waals surface area contributed by atoms with Gasteiger partial charge in [-0.3, -0.25) is 9.88 Å². The Morgan fingerprint density at radius 3 is 2.69 bits per heavy atom. The molecule has 0 N–H and O–H groups in total. The zero-order chi connectivity index (χ0) is 17.1. The quantitative estimate of drug-likeness (QED) is 0.714. The van der Waals surface area contributed by atoms with Gasteiger partial charge in [0.05, 0.1) is 23.9 Å². The first-order valence-electron chi connectivity index (χ1n) is 9.61. The van der Waals surface area contributed by atoms with Crippen LogP contribution in [0.3, 0.4) is 0 Å². The summed E-state index contributed by atoms with van der Waals surface area (Å²) in [5.74, 6) is 2.20. The molecule has 1 fully saturated rings. The maximum Gasteiger partial charge on any atom is 0.147 e. The van der Waals surface area contributed by atoms with Crippen LogP contribution in [0.5, 0.6) is 0 Å². The molecule has 1 aliphatic carbocycles. The van der Waals surface area contributed by atoms with E-state index in [-0.39, 0.29) is 0 Å². The van der Waals surface area contributed by atoms with E-state index in [0.717, 1.165) is 50.1 Å². The van der Waals surface area contributed by atoms with Gasteiger partial charge in [0.1, 0.15) is 11.6 Å². The van der Waals surface area contributed by atoms with Crippen molar-refractivity contribution in [3.8, 4) is 0 Å². The molecule has 6 heteroatoms. The summed E-state index contributed by atoms with van der Waals surface area (Å²) in [7, 11) is 0. The van der Waals surface area contributed by atoms with Crippen LogP contribution in [0.2, 0.25) is 0 Å². The topological polar surface area (TPSA) is 50.1 Å². The van der Waals surface area contributed by atoms with Crippen molar-refractivity contribution in [2.45, 2.75) is 51.5 Å². The summed E-state index contributed by atoms with van der Waals surface area (Å²) in [4.78, 5) is 18.6. The number of nitrogens with zero attached hydrogens (tertiary/aromatic N) is 6. The van der Waals surface area contributed by atoms with E-state index >= 15 is 0 Å². The Hall–Kier alpha value is -2.47. The maximum absolute atomic E-state index is 4.96. The minimum atomic E-state index is 0.794. The number of fused-ring (bicyclic) bond motifs is 4. The highest BCUT2D eigenvalue weighted by Crippen LogP contribution is 2.33. The zero-order valence-electron chi connectivity index (χ0n) is 14.8. The highest BCUT2D eigenvalue weighted by atomic mass is 15.3. The first kappa shape index (κ1) is 14.7. The molecule has 3 aliphatic rings. The van der Waals surface area contributed by atoms with Gasteiger partial charge in [0.2, 0.25) is 0 Å². The fourth-order valence-corrected chi connectivity index (χ4v) is 4.58. The van der Waals surface area contributed by atoms with Crippen molar-refractivity contribution in [2.24, 2.45) is 0 Å². The minimum absolute atomic E-state index is 0.794. The molecule has 0 amide bonds. The van der Waals surface area contributed by atoms with Crippen LogP contribution in [-0.2, 0) is 26.2 Å². The van der Waals surface area contributed by atoms with E-state index in [4.69, 9.17) is 4.98 Å². The molecule has 0 bridgehead atoms. The van der Waals surface area contributed by atoms with Gasteiger partial charge in [-0.05, 0) is 36.1 Å². The average Bonchev–Trinajstić information content (AvgIpc) is 3.19. The Morgan fingerprint density at radius 1 is 1.04 bits per heavy atom. The molecule has 2 aromatic heterocycles. The maximum atomic E-state index is 4.96. The van der Waals surface area contributed by atoms with Crippen LogP contribution in [-0.4, -0.2) is 37.0 Å². The number of anilines is 1. The zero-order valence-corrected chi connectivity index (χ0v) is 14.8. The SMILES string of the molecule is c1cnc(N2Cc3cc4nc5n(c4cc3C2)CN(C2CCC2)CC5)cn1. The normalized spacial score (nSPS) is 20.2. The van der Waals surface area contributed by atoms with Gasteiger partial charge in [-0.15, -0.1) is 0 Å². The summed E-state index contributed by atoms with van der Waals surface area (Å²) in [6.45, 7) is 3.95. The number of aromatic nitrogens is 4. The smallest absolute Gasteiger partial charge is 0.147 e. The number of benzene rings is 1. The second kappa shape index (κ2) is 5.51. The average molecular weight is 346 g/mol. The Labute approximate surface area is 152 Å². The van der Waals surface area contributed by atoms with E-state index in [0.29, 0.717) is 0 Å². The predicted molar refractivity (Wildman–Crippen MR) is 99.7 cm³/mol. The number of hydrogen-bond acceptors (Lipinski definition) is 5. The van der Waals surface area contributed by atoms with Crippen LogP contribution in [0.15, 0.2) is 30.7 Å². The lowest BCUT2D eigenvalue weighted by molar-refractivity contribution is 0.0812. The van der Waals surface area contributed by atoms with Crippen molar-refractivity contribution in [1.29, 1.82) is 0 Å². The fraction of sp³-hybridized carbons (Fsp3) is 0.450. The molecule has 3 aromatic rings. The van der Waals surface area contributed by atoms with Crippen LogP contribution in [0.4, 0.5) is 5.82 Å². The van der Waals surface area contributed by atoms with Crippen molar-refractivity contribution in [2.75, 3.05) is 11.4 Å². The monoisotopic (exact) mass is 346 g/mol. The minimum Gasteiger partial charge on any atom is -0.347 e. The van der Waals surface area contributed by atoms with E-state index in [9.17, 15) is 0 Å². The molecule has 2 aliphatic heterocycles. The summed E-state index contributed by atoms with van der Waals surface area (Å²) in [6, 6.07) is 5.45. The van der Waals surface area contributed by atoms with E-state index in [1.54, 1.807) is 12.4 Å². The molecule has 132 valence electrons. The molecule has 6 rings (SSSR count). The Bertz CT molecular complexity index is 975. The summed E-state index contributed by atoms with van der Waals surface area (Å²) >= 11 is 0. The van der Waals surface area contributed by atoms with Crippen LogP contribution in [0.25, 0.3) is 11.0 Å². The summed E-state index contributed by atoms with van der Waals surface area (Å²) in [5, 5.41) is 0. The first-order valence-corrected chi connectivity index (χ1v) is 9.61. The molecular formula is C20H22N6. The van der Waals surface area contributed by atoms with Crippen molar-refractivity contribution in [3.63, 3.8) is 0 Å². The Morgan fingerprint density at radius 2 is 1.92 bits per heavy atom. The van der Waals surface area contributed by atoms with Crippen LogP contribution in [0.1, 0.15) is 36.2 Å². The van der Waals surface area contributed by atoms with Crippen molar-refractivity contribution in [3.05, 3.63) is 47.7 Å².